The summed E-state index contributed by atoms with van der Waals surface area (Å²) in [6.07, 6.45) is 6.32. The maximum Gasteiger partial charge on any atom is 0.410 e. The van der Waals surface area contributed by atoms with E-state index in [0.29, 0.717) is 30.0 Å². The van der Waals surface area contributed by atoms with E-state index >= 15 is 0 Å². The molecule has 33 heavy (non-hydrogen) atoms. The zero-order valence-corrected chi connectivity index (χ0v) is 19.3. The Bertz CT molecular complexity index is 1040. The van der Waals surface area contributed by atoms with Crippen LogP contribution in [0.1, 0.15) is 62.4 Å². The van der Waals surface area contributed by atoms with Crippen molar-refractivity contribution in [2.75, 3.05) is 13.1 Å². The summed E-state index contributed by atoms with van der Waals surface area (Å²) in [6.45, 7) is 6.73. The van der Waals surface area contributed by atoms with Crippen molar-refractivity contribution in [1.82, 2.24) is 19.8 Å². The van der Waals surface area contributed by atoms with Crippen molar-refractivity contribution in [3.05, 3.63) is 47.8 Å². The van der Waals surface area contributed by atoms with Gasteiger partial charge in [0.2, 0.25) is 0 Å². The molecule has 2 amide bonds. The molecule has 2 aromatic rings. The fourth-order valence-electron chi connectivity index (χ4n) is 4.07. The van der Waals surface area contributed by atoms with Gasteiger partial charge in [-0.15, -0.1) is 0 Å². The number of hydrogen-bond donors (Lipinski definition) is 0. The second kappa shape index (κ2) is 9.18. The SMILES string of the molecule is CC(C)(C)OC(=O)N1CCC(N(C(=O)c2cnc(-c3ccc(C#N)cc3)nc2)C2CC2)CC1. The predicted molar refractivity (Wildman–Crippen MR) is 122 cm³/mol. The van der Waals surface area contributed by atoms with Crippen LogP contribution in [0, 0.1) is 11.3 Å². The number of carbonyl (C=O) groups excluding carboxylic acids is 2. The first-order valence-corrected chi connectivity index (χ1v) is 11.4. The molecule has 1 aromatic carbocycles. The van der Waals surface area contributed by atoms with Crippen LogP contribution in [0.15, 0.2) is 36.7 Å². The van der Waals surface area contributed by atoms with Gasteiger partial charge in [-0.2, -0.15) is 5.26 Å². The first-order chi connectivity index (χ1) is 15.7. The summed E-state index contributed by atoms with van der Waals surface area (Å²) in [4.78, 5) is 38.2. The Morgan fingerprint density at radius 2 is 1.61 bits per heavy atom. The third-order valence-corrected chi connectivity index (χ3v) is 5.86. The number of amides is 2. The van der Waals surface area contributed by atoms with Gasteiger partial charge in [0, 0.05) is 43.1 Å². The molecule has 0 unspecified atom stereocenters. The van der Waals surface area contributed by atoms with Gasteiger partial charge in [-0.05, 0) is 70.7 Å². The molecule has 0 N–H and O–H groups in total. The Morgan fingerprint density at radius 1 is 1.03 bits per heavy atom. The highest BCUT2D eigenvalue weighted by Gasteiger charge is 2.40. The highest BCUT2D eigenvalue weighted by atomic mass is 16.6. The van der Waals surface area contributed by atoms with Gasteiger partial charge in [-0.1, -0.05) is 0 Å². The van der Waals surface area contributed by atoms with E-state index in [4.69, 9.17) is 10.00 Å². The number of benzene rings is 1. The Hall–Kier alpha value is -3.47. The minimum atomic E-state index is -0.520. The summed E-state index contributed by atoms with van der Waals surface area (Å²) in [6, 6.07) is 9.45. The van der Waals surface area contributed by atoms with Gasteiger partial charge < -0.3 is 14.5 Å². The lowest BCUT2D eigenvalue weighted by Gasteiger charge is -2.39. The largest absolute Gasteiger partial charge is 0.444 e. The van der Waals surface area contributed by atoms with Crippen molar-refractivity contribution >= 4 is 12.0 Å². The quantitative estimate of drug-likeness (QED) is 0.702. The molecule has 172 valence electrons. The number of aromatic nitrogens is 2. The predicted octanol–water partition coefficient (Wildman–Crippen LogP) is 4.02. The molecular formula is C25H29N5O3. The van der Waals surface area contributed by atoms with Gasteiger partial charge in [-0.3, -0.25) is 4.79 Å². The molecule has 1 aliphatic carbocycles. The number of carbonyl (C=O) groups is 2. The third kappa shape index (κ3) is 5.48. The van der Waals surface area contributed by atoms with Crippen molar-refractivity contribution in [3.63, 3.8) is 0 Å². The first kappa shape index (κ1) is 22.7. The van der Waals surface area contributed by atoms with Crippen molar-refractivity contribution in [1.29, 1.82) is 5.26 Å². The number of piperidine rings is 1. The number of hydrogen-bond acceptors (Lipinski definition) is 6. The van der Waals surface area contributed by atoms with Crippen LogP contribution in [-0.4, -0.2) is 62.5 Å². The molecule has 8 heteroatoms. The summed E-state index contributed by atoms with van der Waals surface area (Å²) < 4.78 is 5.48. The average molecular weight is 448 g/mol. The lowest BCUT2D eigenvalue weighted by Crippen LogP contribution is -2.50. The van der Waals surface area contributed by atoms with E-state index in [9.17, 15) is 9.59 Å². The molecule has 0 radical (unpaired) electrons. The molecule has 1 aliphatic heterocycles. The standard InChI is InChI=1S/C25H29N5O3/c1-25(2,3)33-24(32)29-12-10-21(11-13-29)30(20-8-9-20)23(31)19-15-27-22(28-16-19)18-6-4-17(14-26)5-7-18/h4-7,15-16,20-21H,8-13H2,1-3H3. The lowest BCUT2D eigenvalue weighted by molar-refractivity contribution is 0.0142. The third-order valence-electron chi connectivity index (χ3n) is 5.86. The number of nitriles is 1. The van der Waals surface area contributed by atoms with E-state index in [-0.39, 0.29) is 24.1 Å². The van der Waals surface area contributed by atoms with E-state index in [2.05, 4.69) is 16.0 Å². The highest BCUT2D eigenvalue weighted by molar-refractivity contribution is 5.94. The normalized spacial score (nSPS) is 16.7. The fraction of sp³-hybridized carbons (Fsp3) is 0.480. The Balaban J connectivity index is 1.42. The second-order valence-corrected chi connectivity index (χ2v) is 9.63. The van der Waals surface area contributed by atoms with E-state index in [0.717, 1.165) is 31.2 Å². The van der Waals surface area contributed by atoms with Gasteiger partial charge in [-0.25, -0.2) is 14.8 Å². The van der Waals surface area contributed by atoms with Crippen LogP contribution in [-0.2, 0) is 4.74 Å². The average Bonchev–Trinajstić information content (AvgIpc) is 3.64. The monoisotopic (exact) mass is 447 g/mol. The molecule has 0 bridgehead atoms. The number of rotatable bonds is 4. The van der Waals surface area contributed by atoms with Gasteiger partial charge >= 0.3 is 6.09 Å². The Labute approximate surface area is 194 Å². The summed E-state index contributed by atoms with van der Waals surface area (Å²) >= 11 is 0. The minimum Gasteiger partial charge on any atom is -0.444 e. The van der Waals surface area contributed by atoms with Gasteiger partial charge in [0.1, 0.15) is 5.60 Å². The fourth-order valence-corrected chi connectivity index (χ4v) is 4.07. The molecule has 1 saturated carbocycles. The van der Waals surface area contributed by atoms with Crippen LogP contribution < -0.4 is 0 Å². The molecule has 1 aromatic heterocycles. The maximum atomic E-state index is 13.4. The Kier molecular flexibility index (Phi) is 6.32. The molecule has 2 aliphatic rings. The van der Waals surface area contributed by atoms with Crippen LogP contribution in [0.2, 0.25) is 0 Å². The molecule has 1 saturated heterocycles. The van der Waals surface area contributed by atoms with E-state index < -0.39 is 5.60 Å². The lowest BCUT2D eigenvalue weighted by atomic mass is 10.0. The summed E-state index contributed by atoms with van der Waals surface area (Å²) in [5.41, 5.74) is 1.31. The second-order valence-electron chi connectivity index (χ2n) is 9.63. The molecule has 2 heterocycles. The zero-order valence-electron chi connectivity index (χ0n) is 19.3. The molecule has 0 atom stereocenters. The van der Waals surface area contributed by atoms with Crippen LogP contribution >= 0.6 is 0 Å². The van der Waals surface area contributed by atoms with Crippen molar-refractivity contribution in [2.45, 2.75) is 64.1 Å². The van der Waals surface area contributed by atoms with Gasteiger partial charge in [0.25, 0.3) is 5.91 Å². The first-order valence-electron chi connectivity index (χ1n) is 11.4. The van der Waals surface area contributed by atoms with Gasteiger partial charge in [0.05, 0.1) is 17.2 Å². The van der Waals surface area contributed by atoms with E-state index in [1.807, 2.05) is 25.7 Å². The molecular weight excluding hydrogens is 418 g/mol. The topological polar surface area (TPSA) is 99.4 Å². The van der Waals surface area contributed by atoms with Crippen molar-refractivity contribution < 1.29 is 14.3 Å². The van der Waals surface area contributed by atoms with Gasteiger partial charge in [0.15, 0.2) is 5.82 Å². The minimum absolute atomic E-state index is 0.0559. The maximum absolute atomic E-state index is 13.4. The van der Waals surface area contributed by atoms with Crippen molar-refractivity contribution in [3.8, 4) is 17.5 Å². The zero-order chi connectivity index (χ0) is 23.6. The molecule has 2 fully saturated rings. The molecule has 0 spiro atoms. The molecule has 4 rings (SSSR count). The van der Waals surface area contributed by atoms with Crippen LogP contribution in [0.4, 0.5) is 4.79 Å². The smallest absolute Gasteiger partial charge is 0.410 e. The molecule has 8 nitrogen and oxygen atoms in total. The number of ether oxygens (including phenoxy) is 1. The van der Waals surface area contributed by atoms with Crippen molar-refractivity contribution in [2.24, 2.45) is 0 Å². The van der Waals surface area contributed by atoms with Crippen LogP contribution in [0.5, 0.6) is 0 Å². The van der Waals surface area contributed by atoms with Crippen LogP contribution in [0.3, 0.4) is 0 Å². The van der Waals surface area contributed by atoms with Crippen LogP contribution in [0.25, 0.3) is 11.4 Å². The van der Waals surface area contributed by atoms with E-state index in [1.165, 1.54) is 0 Å². The summed E-state index contributed by atoms with van der Waals surface area (Å²) in [5.74, 6) is 0.458. The summed E-state index contributed by atoms with van der Waals surface area (Å²) in [5, 5.41) is 8.94. The van der Waals surface area contributed by atoms with E-state index in [1.54, 1.807) is 41.6 Å². The number of nitrogens with zero attached hydrogens (tertiary/aromatic N) is 5. The Morgan fingerprint density at radius 3 is 2.12 bits per heavy atom. The highest BCUT2D eigenvalue weighted by Crippen LogP contribution is 2.33. The summed E-state index contributed by atoms with van der Waals surface area (Å²) in [7, 11) is 0. The number of likely N-dealkylation sites (tertiary alicyclic amines) is 1.